The number of carbonyl (C=O) groups is 2. The van der Waals surface area contributed by atoms with E-state index in [9.17, 15) is 9.59 Å². The number of nitrogens with two attached hydrogens (primary N) is 1. The van der Waals surface area contributed by atoms with Crippen LogP contribution in [0.4, 0.5) is 4.79 Å². The van der Waals surface area contributed by atoms with E-state index in [2.05, 4.69) is 44.7 Å². The fraction of sp³-hybridized carbons (Fsp3) is 0.556. The van der Waals surface area contributed by atoms with Gasteiger partial charge in [0.2, 0.25) is 5.91 Å². The van der Waals surface area contributed by atoms with E-state index in [0.717, 1.165) is 45.7 Å². The Morgan fingerprint density at radius 1 is 0.960 bits per heavy atom. The lowest BCUT2D eigenvalue weighted by Crippen LogP contribution is -2.46. The topological polar surface area (TPSA) is 90.7 Å². The van der Waals surface area contributed by atoms with Crippen LogP contribution in [0.25, 0.3) is 0 Å². The summed E-state index contributed by atoms with van der Waals surface area (Å²) in [5, 5.41) is 5.41. The Hall–Kier alpha value is -2.12. The lowest BCUT2D eigenvalue weighted by atomic mass is 10.2. The molecule has 1 aliphatic heterocycles. The number of benzene rings is 1. The Morgan fingerprint density at radius 3 is 2.28 bits per heavy atom. The number of nitrogens with one attached hydrogen (secondary N) is 2. The Balaban J connectivity index is 1.51. The molecule has 4 N–H and O–H groups in total. The maximum atomic E-state index is 11.5. The summed E-state index contributed by atoms with van der Waals surface area (Å²) in [5.41, 5.74) is 6.38. The van der Waals surface area contributed by atoms with Crippen molar-refractivity contribution in [3.05, 3.63) is 35.9 Å². The van der Waals surface area contributed by atoms with Gasteiger partial charge in [0, 0.05) is 52.2 Å². The van der Waals surface area contributed by atoms with Gasteiger partial charge in [0.1, 0.15) is 0 Å². The van der Waals surface area contributed by atoms with Crippen molar-refractivity contribution in [2.45, 2.75) is 19.4 Å². The number of amides is 3. The fourth-order valence-corrected chi connectivity index (χ4v) is 2.88. The molecule has 0 radical (unpaired) electrons. The minimum absolute atomic E-state index is 0.167. The van der Waals surface area contributed by atoms with Gasteiger partial charge in [0.15, 0.2) is 0 Å². The summed E-state index contributed by atoms with van der Waals surface area (Å²) < 4.78 is 0. The van der Waals surface area contributed by atoms with Crippen molar-refractivity contribution < 1.29 is 9.59 Å². The van der Waals surface area contributed by atoms with E-state index < -0.39 is 5.91 Å². The van der Waals surface area contributed by atoms with Crippen LogP contribution in [0.3, 0.4) is 0 Å². The van der Waals surface area contributed by atoms with Crippen LogP contribution in [0.2, 0.25) is 0 Å². The first kappa shape index (κ1) is 19.2. The summed E-state index contributed by atoms with van der Waals surface area (Å²) in [6.45, 7) is 7.21. The van der Waals surface area contributed by atoms with Crippen LogP contribution in [0.1, 0.15) is 18.4 Å². The molecule has 1 heterocycles. The van der Waals surface area contributed by atoms with Crippen LogP contribution < -0.4 is 16.4 Å². The highest BCUT2D eigenvalue weighted by atomic mass is 16.2. The molecule has 2 rings (SSSR count). The van der Waals surface area contributed by atoms with Gasteiger partial charge in [-0.15, -0.1) is 0 Å². The number of piperazine rings is 1. The molecule has 1 aromatic carbocycles. The molecule has 1 saturated heterocycles. The molecule has 1 aliphatic rings. The number of urea groups is 1. The average molecular weight is 347 g/mol. The molecule has 0 aromatic heterocycles. The van der Waals surface area contributed by atoms with Crippen molar-refractivity contribution in [2.24, 2.45) is 5.73 Å². The molecule has 7 heteroatoms. The van der Waals surface area contributed by atoms with Crippen molar-refractivity contribution in [2.75, 3.05) is 45.8 Å². The zero-order valence-electron chi connectivity index (χ0n) is 14.7. The highest BCUT2D eigenvalue weighted by Crippen LogP contribution is 2.08. The smallest absolute Gasteiger partial charge is 0.314 e. The van der Waals surface area contributed by atoms with Gasteiger partial charge in [-0.25, -0.2) is 4.79 Å². The molecule has 0 aliphatic carbocycles. The number of hydrogen-bond donors (Lipinski definition) is 3. The zero-order chi connectivity index (χ0) is 17.9. The number of hydrogen-bond acceptors (Lipinski definition) is 4. The average Bonchev–Trinajstić information content (AvgIpc) is 2.61. The summed E-state index contributed by atoms with van der Waals surface area (Å²) >= 11 is 0. The normalized spacial score (nSPS) is 15.7. The second kappa shape index (κ2) is 10.7. The molecule has 3 amide bonds. The van der Waals surface area contributed by atoms with E-state index >= 15 is 0 Å². The molecule has 1 fully saturated rings. The standard InChI is InChI=1S/C18H29N5O2/c19-17(24)7-9-21-18(25)20-8-4-10-22-11-13-23(14-12-22)15-16-5-2-1-3-6-16/h1-3,5-6H,4,7-15H2,(H2,19,24)(H2,20,21,25). The molecule has 0 atom stereocenters. The number of nitrogens with zero attached hydrogens (tertiary/aromatic N) is 2. The Morgan fingerprint density at radius 2 is 1.60 bits per heavy atom. The molecular formula is C18H29N5O2. The van der Waals surface area contributed by atoms with Gasteiger partial charge in [-0.05, 0) is 18.5 Å². The largest absolute Gasteiger partial charge is 0.370 e. The molecule has 7 nitrogen and oxygen atoms in total. The van der Waals surface area contributed by atoms with E-state index in [1.54, 1.807) is 0 Å². The van der Waals surface area contributed by atoms with Crippen molar-refractivity contribution in [1.82, 2.24) is 20.4 Å². The number of primary amides is 1. The molecule has 25 heavy (non-hydrogen) atoms. The Kier molecular flexibility index (Phi) is 8.21. The third kappa shape index (κ3) is 8.00. The summed E-state index contributed by atoms with van der Waals surface area (Å²) in [6.07, 6.45) is 1.09. The summed E-state index contributed by atoms with van der Waals surface area (Å²) in [6, 6.07) is 10.3. The third-order valence-electron chi connectivity index (χ3n) is 4.31. The van der Waals surface area contributed by atoms with Gasteiger partial charge in [-0.3, -0.25) is 9.69 Å². The second-order valence-electron chi connectivity index (χ2n) is 6.36. The molecular weight excluding hydrogens is 318 g/mol. The quantitative estimate of drug-likeness (QED) is 0.563. The van der Waals surface area contributed by atoms with Gasteiger partial charge in [-0.2, -0.15) is 0 Å². The second-order valence-corrected chi connectivity index (χ2v) is 6.36. The van der Waals surface area contributed by atoms with Gasteiger partial charge in [0.05, 0.1) is 0 Å². The summed E-state index contributed by atoms with van der Waals surface area (Å²) in [7, 11) is 0. The number of carbonyl (C=O) groups excluding carboxylic acids is 2. The van der Waals surface area contributed by atoms with Crippen LogP contribution >= 0.6 is 0 Å². The zero-order valence-corrected chi connectivity index (χ0v) is 14.7. The summed E-state index contributed by atoms with van der Waals surface area (Å²) in [5.74, 6) is -0.410. The summed E-state index contributed by atoms with van der Waals surface area (Å²) in [4.78, 5) is 27.0. The highest BCUT2D eigenvalue weighted by Gasteiger charge is 2.16. The predicted octanol–water partition coefficient (Wildman–Crippen LogP) is 0.369. The van der Waals surface area contributed by atoms with Crippen molar-refractivity contribution in [1.29, 1.82) is 0 Å². The van der Waals surface area contributed by atoms with E-state index in [4.69, 9.17) is 5.73 Å². The molecule has 138 valence electrons. The molecule has 1 aromatic rings. The first-order valence-corrected chi connectivity index (χ1v) is 8.92. The first-order chi connectivity index (χ1) is 12.1. The maximum Gasteiger partial charge on any atom is 0.314 e. The molecule has 0 saturated carbocycles. The monoisotopic (exact) mass is 347 g/mol. The van der Waals surface area contributed by atoms with E-state index in [-0.39, 0.29) is 19.0 Å². The van der Waals surface area contributed by atoms with Crippen LogP contribution in [0.5, 0.6) is 0 Å². The van der Waals surface area contributed by atoms with Crippen molar-refractivity contribution in [3.8, 4) is 0 Å². The van der Waals surface area contributed by atoms with Crippen LogP contribution in [-0.4, -0.2) is 67.6 Å². The lowest BCUT2D eigenvalue weighted by molar-refractivity contribution is -0.117. The minimum atomic E-state index is -0.410. The van der Waals surface area contributed by atoms with E-state index in [0.29, 0.717) is 6.54 Å². The van der Waals surface area contributed by atoms with Crippen LogP contribution in [0.15, 0.2) is 30.3 Å². The van der Waals surface area contributed by atoms with E-state index in [1.807, 2.05) is 6.07 Å². The van der Waals surface area contributed by atoms with E-state index in [1.165, 1.54) is 5.56 Å². The van der Waals surface area contributed by atoms with Gasteiger partial charge >= 0.3 is 6.03 Å². The van der Waals surface area contributed by atoms with Gasteiger partial charge in [0.25, 0.3) is 0 Å². The predicted molar refractivity (Wildman–Crippen MR) is 98.0 cm³/mol. The minimum Gasteiger partial charge on any atom is -0.370 e. The van der Waals surface area contributed by atoms with Crippen molar-refractivity contribution in [3.63, 3.8) is 0 Å². The highest BCUT2D eigenvalue weighted by molar-refractivity contribution is 5.76. The van der Waals surface area contributed by atoms with Crippen molar-refractivity contribution >= 4 is 11.9 Å². The van der Waals surface area contributed by atoms with Crippen LogP contribution in [-0.2, 0) is 11.3 Å². The SMILES string of the molecule is NC(=O)CCNC(=O)NCCCN1CCN(Cc2ccccc2)CC1. The maximum absolute atomic E-state index is 11.5. The third-order valence-corrected chi connectivity index (χ3v) is 4.31. The molecule has 0 spiro atoms. The Labute approximate surface area is 149 Å². The Bertz CT molecular complexity index is 530. The molecule has 0 bridgehead atoms. The lowest BCUT2D eigenvalue weighted by Gasteiger charge is -2.34. The van der Waals surface area contributed by atoms with Crippen LogP contribution in [0, 0.1) is 0 Å². The van der Waals surface area contributed by atoms with Gasteiger partial charge < -0.3 is 21.3 Å². The first-order valence-electron chi connectivity index (χ1n) is 8.92. The number of rotatable bonds is 9. The van der Waals surface area contributed by atoms with Gasteiger partial charge in [-0.1, -0.05) is 30.3 Å². The molecule has 0 unspecified atom stereocenters. The fourth-order valence-electron chi connectivity index (χ4n) is 2.88.